The summed E-state index contributed by atoms with van der Waals surface area (Å²) < 4.78 is 6.86. The number of hydrogen-bond acceptors (Lipinski definition) is 7. The standard InChI is InChI=1S/C24H23ClN6O3/c1-13(2)31-23(26)20(24(27)33)21(29-31)15-7-5-14(6-8-15)10-16(32)11-17-12-19(30-34-17)22-18(25)4-3-9-28-22/h3-9,12-13H,10-11,26H2,1-2H3,(H2,27,33). The minimum Gasteiger partial charge on any atom is -0.383 e. The number of nitrogen functional groups attached to an aromatic ring is 1. The Kier molecular flexibility index (Phi) is 6.47. The van der Waals surface area contributed by atoms with E-state index in [1.54, 1.807) is 41.2 Å². The first-order chi connectivity index (χ1) is 16.2. The third-order valence-corrected chi connectivity index (χ3v) is 5.55. The number of carbonyl (C=O) groups excluding carboxylic acids is 2. The minimum absolute atomic E-state index is 0.0333. The molecular formula is C24H23ClN6O3. The lowest BCUT2D eigenvalue weighted by Crippen LogP contribution is -2.15. The van der Waals surface area contributed by atoms with Gasteiger partial charge in [-0.1, -0.05) is 41.0 Å². The van der Waals surface area contributed by atoms with Gasteiger partial charge in [-0.3, -0.25) is 14.6 Å². The predicted octanol–water partition coefficient (Wildman–Crippen LogP) is 3.87. The van der Waals surface area contributed by atoms with Crippen molar-refractivity contribution in [3.05, 3.63) is 70.6 Å². The zero-order valence-electron chi connectivity index (χ0n) is 18.7. The Labute approximate surface area is 200 Å². The Morgan fingerprint density at radius 1 is 1.12 bits per heavy atom. The van der Waals surface area contributed by atoms with Crippen LogP contribution in [0.15, 0.2) is 53.2 Å². The number of pyridine rings is 1. The summed E-state index contributed by atoms with van der Waals surface area (Å²) in [5, 5.41) is 8.89. The molecule has 4 aromatic rings. The molecule has 0 bridgehead atoms. The van der Waals surface area contributed by atoms with Crippen LogP contribution in [0.25, 0.3) is 22.6 Å². The summed E-state index contributed by atoms with van der Waals surface area (Å²) in [4.78, 5) is 28.8. The minimum atomic E-state index is -0.642. The Morgan fingerprint density at radius 3 is 2.50 bits per heavy atom. The lowest BCUT2D eigenvalue weighted by molar-refractivity contribution is -0.118. The zero-order chi connectivity index (χ0) is 24.4. The van der Waals surface area contributed by atoms with Gasteiger partial charge >= 0.3 is 0 Å². The molecule has 0 aliphatic rings. The molecule has 0 atom stereocenters. The van der Waals surface area contributed by atoms with E-state index >= 15 is 0 Å². The number of Topliss-reactive ketones (excluding diaryl/α,β-unsaturated/α-hetero) is 1. The molecule has 0 radical (unpaired) electrons. The van der Waals surface area contributed by atoms with E-state index in [9.17, 15) is 9.59 Å². The summed E-state index contributed by atoms with van der Waals surface area (Å²) in [6, 6.07) is 12.3. The van der Waals surface area contributed by atoms with Crippen molar-refractivity contribution in [1.29, 1.82) is 0 Å². The van der Waals surface area contributed by atoms with Gasteiger partial charge in [0.05, 0.1) is 11.4 Å². The average Bonchev–Trinajstić information content (AvgIpc) is 3.39. The summed E-state index contributed by atoms with van der Waals surface area (Å²) in [5.74, 6) is -0.0277. The van der Waals surface area contributed by atoms with Crippen LogP contribution in [0.4, 0.5) is 5.82 Å². The van der Waals surface area contributed by atoms with E-state index in [-0.39, 0.29) is 36.0 Å². The van der Waals surface area contributed by atoms with Gasteiger partial charge in [0.15, 0.2) is 0 Å². The van der Waals surface area contributed by atoms with Crippen LogP contribution in [0.3, 0.4) is 0 Å². The quantitative estimate of drug-likeness (QED) is 0.391. The van der Waals surface area contributed by atoms with Crippen molar-refractivity contribution in [2.75, 3.05) is 5.73 Å². The van der Waals surface area contributed by atoms with Crippen LogP contribution >= 0.6 is 11.6 Å². The second-order valence-electron chi connectivity index (χ2n) is 8.11. The largest absolute Gasteiger partial charge is 0.383 e. The number of carbonyl (C=O) groups is 2. The molecule has 3 aromatic heterocycles. The van der Waals surface area contributed by atoms with Crippen LogP contribution in [-0.2, 0) is 17.6 Å². The predicted molar refractivity (Wildman–Crippen MR) is 128 cm³/mol. The molecule has 1 aromatic carbocycles. The molecule has 0 saturated carbocycles. The topological polar surface area (TPSA) is 143 Å². The number of aromatic nitrogens is 4. The molecule has 174 valence electrons. The van der Waals surface area contributed by atoms with E-state index in [1.807, 2.05) is 26.0 Å². The molecule has 0 saturated heterocycles. The molecule has 3 heterocycles. The Hall–Kier alpha value is -3.98. The molecular weight excluding hydrogens is 456 g/mol. The number of hydrogen-bond donors (Lipinski definition) is 2. The summed E-state index contributed by atoms with van der Waals surface area (Å²) in [6.45, 7) is 3.82. The fourth-order valence-electron chi connectivity index (χ4n) is 3.63. The van der Waals surface area contributed by atoms with E-state index in [0.717, 1.165) is 5.56 Å². The van der Waals surface area contributed by atoms with Gasteiger partial charge in [-0.05, 0) is 31.5 Å². The van der Waals surface area contributed by atoms with E-state index in [1.165, 1.54) is 0 Å². The van der Waals surface area contributed by atoms with Gasteiger partial charge in [0.1, 0.15) is 40.0 Å². The molecule has 4 N–H and O–H groups in total. The van der Waals surface area contributed by atoms with Crippen LogP contribution in [0.5, 0.6) is 0 Å². The molecule has 0 unspecified atom stereocenters. The molecule has 0 aliphatic heterocycles. The molecule has 9 nitrogen and oxygen atoms in total. The van der Waals surface area contributed by atoms with Gasteiger partial charge < -0.3 is 16.0 Å². The zero-order valence-corrected chi connectivity index (χ0v) is 19.4. The average molecular weight is 479 g/mol. The molecule has 4 rings (SSSR count). The summed E-state index contributed by atoms with van der Waals surface area (Å²) >= 11 is 6.14. The summed E-state index contributed by atoms with van der Waals surface area (Å²) in [5.41, 5.74) is 14.7. The highest BCUT2D eigenvalue weighted by molar-refractivity contribution is 6.32. The number of nitrogens with zero attached hydrogens (tertiary/aromatic N) is 4. The Bertz CT molecular complexity index is 1360. The van der Waals surface area contributed by atoms with Gasteiger partial charge in [-0.15, -0.1) is 0 Å². The third kappa shape index (κ3) is 4.69. The van der Waals surface area contributed by atoms with Crippen molar-refractivity contribution in [3.8, 4) is 22.6 Å². The second-order valence-corrected chi connectivity index (χ2v) is 8.52. The molecule has 0 spiro atoms. The molecule has 1 amide bonds. The highest BCUT2D eigenvalue weighted by Gasteiger charge is 2.22. The molecule has 34 heavy (non-hydrogen) atoms. The lowest BCUT2D eigenvalue weighted by atomic mass is 10.0. The van der Waals surface area contributed by atoms with E-state index < -0.39 is 5.91 Å². The number of primary amides is 1. The third-order valence-electron chi connectivity index (χ3n) is 5.24. The number of amides is 1. The first kappa shape index (κ1) is 23.2. The number of halogens is 1. The van der Waals surface area contributed by atoms with Gasteiger partial charge in [0.2, 0.25) is 0 Å². The number of rotatable bonds is 8. The maximum absolute atomic E-state index is 12.6. The Morgan fingerprint density at radius 2 is 1.85 bits per heavy atom. The fourth-order valence-corrected chi connectivity index (χ4v) is 3.85. The van der Waals surface area contributed by atoms with Crippen LogP contribution in [0.2, 0.25) is 5.02 Å². The molecule has 0 aliphatic carbocycles. The van der Waals surface area contributed by atoms with Crippen molar-refractivity contribution < 1.29 is 14.1 Å². The van der Waals surface area contributed by atoms with Gasteiger partial charge in [-0.25, -0.2) is 4.68 Å². The van der Waals surface area contributed by atoms with E-state index in [4.69, 9.17) is 27.6 Å². The monoisotopic (exact) mass is 478 g/mol. The number of ketones is 1. The number of nitrogens with two attached hydrogens (primary N) is 2. The first-order valence-electron chi connectivity index (χ1n) is 10.6. The number of anilines is 1. The smallest absolute Gasteiger partial charge is 0.254 e. The SMILES string of the molecule is CC(C)n1nc(-c2ccc(CC(=O)Cc3cc(-c4ncccc4Cl)no3)cc2)c(C(N)=O)c1N. The van der Waals surface area contributed by atoms with Crippen LogP contribution in [0.1, 0.15) is 41.6 Å². The molecule has 10 heteroatoms. The van der Waals surface area contributed by atoms with Gasteiger partial charge in [0, 0.05) is 30.3 Å². The maximum Gasteiger partial charge on any atom is 0.254 e. The first-order valence-corrected chi connectivity index (χ1v) is 11.0. The van der Waals surface area contributed by atoms with E-state index in [2.05, 4.69) is 15.2 Å². The fraction of sp³-hybridized carbons (Fsp3) is 0.208. The summed E-state index contributed by atoms with van der Waals surface area (Å²) in [6.07, 6.45) is 1.89. The van der Waals surface area contributed by atoms with Crippen molar-refractivity contribution in [2.45, 2.75) is 32.7 Å². The Balaban J connectivity index is 1.47. The van der Waals surface area contributed by atoms with Crippen LogP contribution in [-0.4, -0.2) is 31.6 Å². The molecule has 0 fully saturated rings. The lowest BCUT2D eigenvalue weighted by Gasteiger charge is -2.06. The van der Waals surface area contributed by atoms with Crippen LogP contribution in [0, 0.1) is 0 Å². The van der Waals surface area contributed by atoms with Crippen molar-refractivity contribution in [2.24, 2.45) is 5.73 Å². The highest BCUT2D eigenvalue weighted by Crippen LogP contribution is 2.29. The number of benzene rings is 1. The second kappa shape index (κ2) is 9.48. The van der Waals surface area contributed by atoms with Crippen LogP contribution < -0.4 is 11.5 Å². The van der Waals surface area contributed by atoms with Gasteiger partial charge in [-0.2, -0.15) is 5.10 Å². The summed E-state index contributed by atoms with van der Waals surface area (Å²) in [7, 11) is 0. The normalized spacial score (nSPS) is 11.2. The van der Waals surface area contributed by atoms with Gasteiger partial charge in [0.25, 0.3) is 5.91 Å². The highest BCUT2D eigenvalue weighted by atomic mass is 35.5. The van der Waals surface area contributed by atoms with Crippen molar-refractivity contribution >= 4 is 29.1 Å². The van der Waals surface area contributed by atoms with Crippen molar-refractivity contribution in [3.63, 3.8) is 0 Å². The maximum atomic E-state index is 12.6. The van der Waals surface area contributed by atoms with E-state index in [0.29, 0.717) is 33.4 Å². The van der Waals surface area contributed by atoms with Crippen molar-refractivity contribution in [1.82, 2.24) is 19.9 Å².